The van der Waals surface area contributed by atoms with E-state index in [0.717, 1.165) is 20.9 Å². The highest BCUT2D eigenvalue weighted by molar-refractivity contribution is 9.10. The van der Waals surface area contributed by atoms with E-state index in [1.54, 1.807) is 6.07 Å². The predicted octanol–water partition coefficient (Wildman–Crippen LogP) is 5.10. The van der Waals surface area contributed by atoms with Crippen LogP contribution >= 0.6 is 27.5 Å². The summed E-state index contributed by atoms with van der Waals surface area (Å²) in [6.07, 6.45) is 1.39. The van der Waals surface area contributed by atoms with Gasteiger partial charge in [0, 0.05) is 15.5 Å². The fourth-order valence-electron chi connectivity index (χ4n) is 2.02. The average molecular weight is 351 g/mol. The van der Waals surface area contributed by atoms with Crippen LogP contribution in [-0.2, 0) is 0 Å². The first-order chi connectivity index (χ1) is 9.66. The summed E-state index contributed by atoms with van der Waals surface area (Å²) in [6, 6.07) is 13.1. The summed E-state index contributed by atoms with van der Waals surface area (Å²) in [5.41, 5.74) is 1.05. The van der Waals surface area contributed by atoms with Gasteiger partial charge in [-0.3, -0.25) is 4.79 Å². The van der Waals surface area contributed by atoms with Crippen LogP contribution < -0.4 is 5.32 Å². The number of benzene rings is 2. The zero-order chi connectivity index (χ0) is 14.1. The minimum atomic E-state index is -0.295. The van der Waals surface area contributed by atoms with Crippen LogP contribution in [0.25, 0.3) is 10.8 Å². The number of carbonyl (C=O) groups is 1. The molecule has 0 radical (unpaired) electrons. The van der Waals surface area contributed by atoms with Gasteiger partial charge in [-0.05, 0) is 35.2 Å². The Bertz CT molecular complexity index is 797. The molecule has 100 valence electrons. The summed E-state index contributed by atoms with van der Waals surface area (Å²) >= 11 is 9.31. The largest absolute Gasteiger partial charge is 0.452 e. The molecule has 0 spiro atoms. The molecule has 20 heavy (non-hydrogen) atoms. The van der Waals surface area contributed by atoms with E-state index in [9.17, 15) is 4.79 Å². The van der Waals surface area contributed by atoms with Crippen LogP contribution in [0.3, 0.4) is 0 Å². The van der Waals surface area contributed by atoms with Crippen molar-refractivity contribution in [1.82, 2.24) is 0 Å². The van der Waals surface area contributed by atoms with Gasteiger partial charge in [0.05, 0.1) is 11.8 Å². The first-order valence-corrected chi connectivity index (χ1v) is 7.05. The SMILES string of the molecule is O=C(Nc1ccc(Br)c2ccccc12)c1ccoc1Cl. The molecular formula is C15H9BrClNO2. The van der Waals surface area contributed by atoms with Crippen molar-refractivity contribution in [2.24, 2.45) is 0 Å². The van der Waals surface area contributed by atoms with E-state index in [2.05, 4.69) is 21.2 Å². The van der Waals surface area contributed by atoms with Crippen LogP contribution in [0.1, 0.15) is 10.4 Å². The molecule has 0 aliphatic rings. The lowest BCUT2D eigenvalue weighted by Crippen LogP contribution is -2.11. The average Bonchev–Trinajstić information content (AvgIpc) is 2.88. The molecular weight excluding hydrogens is 342 g/mol. The molecule has 3 nitrogen and oxygen atoms in total. The van der Waals surface area contributed by atoms with Crippen molar-refractivity contribution in [2.75, 3.05) is 5.32 Å². The van der Waals surface area contributed by atoms with Gasteiger partial charge in [0.25, 0.3) is 5.91 Å². The van der Waals surface area contributed by atoms with Crippen LogP contribution in [-0.4, -0.2) is 5.91 Å². The lowest BCUT2D eigenvalue weighted by molar-refractivity contribution is 0.102. The third kappa shape index (κ3) is 2.32. The number of nitrogens with one attached hydrogen (secondary N) is 1. The van der Waals surface area contributed by atoms with Gasteiger partial charge in [-0.1, -0.05) is 40.2 Å². The minimum absolute atomic E-state index is 0.0870. The zero-order valence-electron chi connectivity index (χ0n) is 10.2. The van der Waals surface area contributed by atoms with Crippen molar-refractivity contribution < 1.29 is 9.21 Å². The molecule has 3 rings (SSSR count). The molecule has 0 saturated heterocycles. The second kappa shape index (κ2) is 5.31. The van der Waals surface area contributed by atoms with Gasteiger partial charge in [0.1, 0.15) is 0 Å². The number of furan rings is 1. The van der Waals surface area contributed by atoms with E-state index < -0.39 is 0 Å². The van der Waals surface area contributed by atoms with Crippen molar-refractivity contribution in [3.8, 4) is 0 Å². The lowest BCUT2D eigenvalue weighted by Gasteiger charge is -2.09. The Morgan fingerprint density at radius 2 is 1.85 bits per heavy atom. The third-order valence-corrected chi connectivity index (χ3v) is 3.97. The number of rotatable bonds is 2. The van der Waals surface area contributed by atoms with E-state index in [1.807, 2.05) is 36.4 Å². The molecule has 0 aliphatic carbocycles. The summed E-state index contributed by atoms with van der Waals surface area (Å²) in [7, 11) is 0. The summed E-state index contributed by atoms with van der Waals surface area (Å²) in [5.74, 6) is -0.295. The second-order valence-corrected chi connectivity index (χ2v) is 5.40. The zero-order valence-corrected chi connectivity index (χ0v) is 12.5. The monoisotopic (exact) mass is 349 g/mol. The molecule has 1 aromatic heterocycles. The second-order valence-electron chi connectivity index (χ2n) is 4.20. The molecule has 0 fully saturated rings. The van der Waals surface area contributed by atoms with E-state index in [-0.39, 0.29) is 11.1 Å². The number of hydrogen-bond donors (Lipinski definition) is 1. The number of halogens is 2. The van der Waals surface area contributed by atoms with Gasteiger partial charge >= 0.3 is 0 Å². The van der Waals surface area contributed by atoms with Crippen molar-refractivity contribution in [3.05, 3.63) is 64.0 Å². The van der Waals surface area contributed by atoms with Crippen LogP contribution in [0.4, 0.5) is 5.69 Å². The Hall–Kier alpha value is -1.78. The molecule has 0 atom stereocenters. The number of fused-ring (bicyclic) bond motifs is 1. The predicted molar refractivity (Wildman–Crippen MR) is 83.3 cm³/mol. The molecule has 2 aromatic carbocycles. The number of hydrogen-bond acceptors (Lipinski definition) is 2. The summed E-state index contributed by atoms with van der Waals surface area (Å²) in [5, 5.41) is 4.92. The lowest BCUT2D eigenvalue weighted by atomic mass is 10.1. The highest BCUT2D eigenvalue weighted by Crippen LogP contribution is 2.30. The highest BCUT2D eigenvalue weighted by atomic mass is 79.9. The number of anilines is 1. The van der Waals surface area contributed by atoms with Crippen molar-refractivity contribution in [3.63, 3.8) is 0 Å². The van der Waals surface area contributed by atoms with Crippen LogP contribution in [0.15, 0.2) is 57.6 Å². The topological polar surface area (TPSA) is 42.2 Å². The van der Waals surface area contributed by atoms with E-state index in [0.29, 0.717) is 5.56 Å². The van der Waals surface area contributed by atoms with Gasteiger partial charge in [-0.2, -0.15) is 0 Å². The number of carbonyl (C=O) groups excluding carboxylic acids is 1. The Labute approximate surface area is 128 Å². The van der Waals surface area contributed by atoms with Crippen LogP contribution in [0, 0.1) is 0 Å². The first kappa shape index (κ1) is 13.2. The van der Waals surface area contributed by atoms with Crippen molar-refractivity contribution >= 4 is 49.9 Å². The van der Waals surface area contributed by atoms with Gasteiger partial charge in [-0.25, -0.2) is 0 Å². The maximum absolute atomic E-state index is 12.2. The normalized spacial score (nSPS) is 10.7. The molecule has 1 amide bonds. The Balaban J connectivity index is 2.02. The minimum Gasteiger partial charge on any atom is -0.452 e. The molecule has 1 N–H and O–H groups in total. The summed E-state index contributed by atoms with van der Waals surface area (Å²) in [4.78, 5) is 12.2. The Morgan fingerprint density at radius 3 is 2.55 bits per heavy atom. The van der Waals surface area contributed by atoms with Crippen molar-refractivity contribution in [1.29, 1.82) is 0 Å². The quantitative estimate of drug-likeness (QED) is 0.698. The molecule has 5 heteroatoms. The molecule has 0 bridgehead atoms. The van der Waals surface area contributed by atoms with Gasteiger partial charge < -0.3 is 9.73 Å². The van der Waals surface area contributed by atoms with Crippen molar-refractivity contribution in [2.45, 2.75) is 0 Å². The smallest absolute Gasteiger partial charge is 0.260 e. The van der Waals surface area contributed by atoms with Crippen LogP contribution in [0.5, 0.6) is 0 Å². The standard InChI is InChI=1S/C15H9BrClNO2/c16-12-5-6-13(10-4-2-1-3-9(10)12)18-15(19)11-7-8-20-14(11)17/h1-8H,(H,18,19). The fourth-order valence-corrected chi connectivity index (χ4v) is 2.69. The molecule has 1 heterocycles. The molecule has 0 aliphatic heterocycles. The molecule has 0 saturated carbocycles. The van der Waals surface area contributed by atoms with Crippen LogP contribution in [0.2, 0.25) is 5.22 Å². The maximum Gasteiger partial charge on any atom is 0.260 e. The van der Waals surface area contributed by atoms with E-state index in [4.69, 9.17) is 16.0 Å². The maximum atomic E-state index is 12.2. The summed E-state index contributed by atoms with van der Waals surface area (Å²) < 4.78 is 5.91. The molecule has 3 aromatic rings. The Kier molecular flexibility index (Phi) is 3.51. The first-order valence-electron chi connectivity index (χ1n) is 5.88. The van der Waals surface area contributed by atoms with Gasteiger partial charge in [0.15, 0.2) is 0 Å². The highest BCUT2D eigenvalue weighted by Gasteiger charge is 2.14. The Morgan fingerprint density at radius 1 is 1.10 bits per heavy atom. The fraction of sp³-hybridized carbons (Fsp3) is 0. The molecule has 0 unspecified atom stereocenters. The summed E-state index contributed by atoms with van der Waals surface area (Å²) in [6.45, 7) is 0. The van der Waals surface area contributed by atoms with Gasteiger partial charge in [0.2, 0.25) is 5.22 Å². The third-order valence-electron chi connectivity index (χ3n) is 2.98. The van der Waals surface area contributed by atoms with Gasteiger partial charge in [-0.15, -0.1) is 0 Å². The van der Waals surface area contributed by atoms with E-state index in [1.165, 1.54) is 6.26 Å². The van der Waals surface area contributed by atoms with E-state index >= 15 is 0 Å². The number of amides is 1.